The van der Waals surface area contributed by atoms with Crippen molar-refractivity contribution in [2.45, 2.75) is 32.2 Å². The Morgan fingerprint density at radius 2 is 1.88 bits per heavy atom. The van der Waals surface area contributed by atoms with E-state index in [4.69, 9.17) is 0 Å². The van der Waals surface area contributed by atoms with Crippen LogP contribution >= 0.6 is 11.3 Å². The Balaban J connectivity index is 1.49. The monoisotopic (exact) mass is 373 g/mol. The zero-order chi connectivity index (χ0) is 18.4. The molecular weight excluding hydrogens is 350 g/mol. The van der Waals surface area contributed by atoms with Crippen LogP contribution in [0.25, 0.3) is 0 Å². The third kappa shape index (κ3) is 4.86. The molecule has 0 spiro atoms. The second kappa shape index (κ2) is 8.86. The molecule has 0 radical (unpaired) electrons. The molecule has 138 valence electrons. The van der Waals surface area contributed by atoms with Gasteiger partial charge in [-0.3, -0.25) is 14.5 Å². The van der Waals surface area contributed by atoms with Gasteiger partial charge in [0.15, 0.2) is 0 Å². The number of amides is 2. The lowest BCUT2D eigenvalue weighted by Crippen LogP contribution is -2.42. The minimum absolute atomic E-state index is 0.170. The van der Waals surface area contributed by atoms with Gasteiger partial charge in [0.25, 0.3) is 11.8 Å². The predicted octanol–water partition coefficient (Wildman–Crippen LogP) is 2.39. The second-order valence-corrected chi connectivity index (χ2v) is 7.35. The summed E-state index contributed by atoms with van der Waals surface area (Å²) in [6.07, 6.45) is 3.71. The number of aromatic nitrogens is 2. The Kier molecular flexibility index (Phi) is 6.30. The van der Waals surface area contributed by atoms with Crippen LogP contribution in [0.1, 0.15) is 45.8 Å². The highest BCUT2D eigenvalue weighted by atomic mass is 32.1. The van der Waals surface area contributed by atoms with E-state index in [-0.39, 0.29) is 21.8 Å². The molecule has 26 heavy (non-hydrogen) atoms. The summed E-state index contributed by atoms with van der Waals surface area (Å²) < 4.78 is 0. The summed E-state index contributed by atoms with van der Waals surface area (Å²) in [6.45, 7) is 4.70. The zero-order valence-electron chi connectivity index (χ0n) is 14.8. The van der Waals surface area contributed by atoms with Crippen LogP contribution in [0.4, 0.5) is 5.69 Å². The fourth-order valence-corrected chi connectivity index (χ4v) is 3.65. The van der Waals surface area contributed by atoms with E-state index >= 15 is 0 Å². The number of carbonyl (C=O) groups is 2. The molecule has 8 heteroatoms. The van der Waals surface area contributed by atoms with Crippen molar-refractivity contribution in [3.63, 3.8) is 0 Å². The van der Waals surface area contributed by atoms with E-state index in [1.807, 2.05) is 18.2 Å². The predicted molar refractivity (Wildman–Crippen MR) is 102 cm³/mol. The first kappa shape index (κ1) is 18.5. The Morgan fingerprint density at radius 3 is 2.62 bits per heavy atom. The zero-order valence-corrected chi connectivity index (χ0v) is 15.6. The number of likely N-dealkylation sites (tertiary alicyclic amines) is 1. The third-order valence-electron chi connectivity index (χ3n) is 4.47. The standard InChI is InChI=1S/C18H23N5O2S/c1-13-7-5-6-11-23(13)12-10-19-15(24)17-21-22-18(26-17)16(25)20-14-8-3-2-4-9-14/h2-4,8-9,13H,5-7,10-12H2,1H3,(H,19,24)(H,20,25). The molecule has 1 aromatic heterocycles. The first-order valence-electron chi connectivity index (χ1n) is 8.85. The van der Waals surface area contributed by atoms with E-state index in [0.29, 0.717) is 18.3 Å². The fourth-order valence-electron chi connectivity index (χ4n) is 2.99. The molecule has 3 rings (SSSR count). The SMILES string of the molecule is CC1CCCCN1CCNC(=O)c1nnc(C(=O)Nc2ccccc2)s1. The first-order valence-corrected chi connectivity index (χ1v) is 9.67. The van der Waals surface area contributed by atoms with Crippen LogP contribution in [0.15, 0.2) is 30.3 Å². The number of hydrogen-bond donors (Lipinski definition) is 2. The van der Waals surface area contributed by atoms with Gasteiger partial charge in [-0.05, 0) is 38.4 Å². The molecule has 1 aromatic carbocycles. The lowest BCUT2D eigenvalue weighted by atomic mass is 10.0. The number of rotatable bonds is 6. The van der Waals surface area contributed by atoms with Crippen LogP contribution in [0.2, 0.25) is 0 Å². The number of para-hydroxylation sites is 1. The van der Waals surface area contributed by atoms with Gasteiger partial charge >= 0.3 is 0 Å². The summed E-state index contributed by atoms with van der Waals surface area (Å²) in [7, 11) is 0. The van der Waals surface area contributed by atoms with Gasteiger partial charge < -0.3 is 10.6 Å². The van der Waals surface area contributed by atoms with Gasteiger partial charge in [-0.1, -0.05) is 36.0 Å². The number of nitrogens with one attached hydrogen (secondary N) is 2. The highest BCUT2D eigenvalue weighted by Gasteiger charge is 2.20. The molecule has 1 unspecified atom stereocenters. The molecular formula is C18H23N5O2S. The van der Waals surface area contributed by atoms with Gasteiger partial charge in [0.1, 0.15) is 0 Å². The lowest BCUT2D eigenvalue weighted by molar-refractivity contribution is 0.0936. The van der Waals surface area contributed by atoms with Gasteiger partial charge in [-0.2, -0.15) is 0 Å². The number of carbonyl (C=O) groups excluding carboxylic acids is 2. The summed E-state index contributed by atoms with van der Waals surface area (Å²) >= 11 is 0.995. The minimum Gasteiger partial charge on any atom is -0.349 e. The maximum absolute atomic E-state index is 12.2. The van der Waals surface area contributed by atoms with Crippen molar-refractivity contribution < 1.29 is 9.59 Å². The van der Waals surface area contributed by atoms with Gasteiger partial charge in [-0.15, -0.1) is 10.2 Å². The smallest absolute Gasteiger partial charge is 0.286 e. The van der Waals surface area contributed by atoms with Gasteiger partial charge in [0, 0.05) is 24.8 Å². The van der Waals surface area contributed by atoms with Crippen molar-refractivity contribution >= 4 is 28.8 Å². The fraction of sp³-hybridized carbons (Fsp3) is 0.444. The molecule has 0 bridgehead atoms. The maximum atomic E-state index is 12.2. The molecule has 1 fully saturated rings. The van der Waals surface area contributed by atoms with Crippen LogP contribution in [0.5, 0.6) is 0 Å². The van der Waals surface area contributed by atoms with Gasteiger partial charge in [0.05, 0.1) is 0 Å². The quantitative estimate of drug-likeness (QED) is 0.812. The van der Waals surface area contributed by atoms with Crippen molar-refractivity contribution in [2.75, 3.05) is 25.0 Å². The number of anilines is 1. The topological polar surface area (TPSA) is 87.2 Å². The van der Waals surface area contributed by atoms with E-state index in [1.54, 1.807) is 12.1 Å². The Hall–Kier alpha value is -2.32. The summed E-state index contributed by atoms with van der Waals surface area (Å²) in [5.41, 5.74) is 0.675. The average Bonchev–Trinajstić information content (AvgIpc) is 3.14. The number of hydrogen-bond acceptors (Lipinski definition) is 6. The summed E-state index contributed by atoms with van der Waals surface area (Å²) in [6, 6.07) is 9.67. The van der Waals surface area contributed by atoms with Crippen molar-refractivity contribution in [1.29, 1.82) is 0 Å². The highest BCUT2D eigenvalue weighted by molar-refractivity contribution is 7.15. The Bertz CT molecular complexity index is 749. The Morgan fingerprint density at radius 1 is 1.15 bits per heavy atom. The summed E-state index contributed by atoms with van der Waals surface area (Å²) in [5, 5.41) is 13.6. The van der Waals surface area contributed by atoms with E-state index in [1.165, 1.54) is 19.3 Å². The molecule has 1 saturated heterocycles. The lowest BCUT2D eigenvalue weighted by Gasteiger charge is -2.33. The normalized spacial score (nSPS) is 17.7. The molecule has 2 heterocycles. The van der Waals surface area contributed by atoms with Crippen LogP contribution in [-0.4, -0.2) is 52.6 Å². The molecule has 2 amide bonds. The maximum Gasteiger partial charge on any atom is 0.286 e. The van der Waals surface area contributed by atoms with Gasteiger partial charge in [0.2, 0.25) is 10.0 Å². The van der Waals surface area contributed by atoms with Crippen LogP contribution in [-0.2, 0) is 0 Å². The summed E-state index contributed by atoms with van der Waals surface area (Å²) in [4.78, 5) is 26.8. The van der Waals surface area contributed by atoms with Crippen molar-refractivity contribution in [2.24, 2.45) is 0 Å². The number of piperidine rings is 1. The molecule has 1 aliphatic heterocycles. The molecule has 2 N–H and O–H groups in total. The third-order valence-corrected chi connectivity index (χ3v) is 5.39. The Labute approximate surface area is 156 Å². The van der Waals surface area contributed by atoms with Crippen molar-refractivity contribution in [3.8, 4) is 0 Å². The minimum atomic E-state index is -0.366. The largest absolute Gasteiger partial charge is 0.349 e. The second-order valence-electron chi connectivity index (χ2n) is 6.37. The summed E-state index contributed by atoms with van der Waals surface area (Å²) in [5.74, 6) is -0.652. The molecule has 7 nitrogen and oxygen atoms in total. The highest BCUT2D eigenvalue weighted by Crippen LogP contribution is 2.16. The van der Waals surface area contributed by atoms with E-state index in [2.05, 4.69) is 32.7 Å². The first-order chi connectivity index (χ1) is 12.6. The van der Waals surface area contributed by atoms with Crippen molar-refractivity contribution in [1.82, 2.24) is 20.4 Å². The molecule has 2 aromatic rings. The van der Waals surface area contributed by atoms with E-state index in [0.717, 1.165) is 24.4 Å². The van der Waals surface area contributed by atoms with Crippen LogP contribution in [0, 0.1) is 0 Å². The molecule has 1 atom stereocenters. The van der Waals surface area contributed by atoms with E-state index in [9.17, 15) is 9.59 Å². The van der Waals surface area contributed by atoms with Crippen molar-refractivity contribution in [3.05, 3.63) is 40.3 Å². The number of nitrogens with zero attached hydrogens (tertiary/aromatic N) is 3. The van der Waals surface area contributed by atoms with E-state index < -0.39 is 0 Å². The molecule has 0 aliphatic carbocycles. The molecule has 0 saturated carbocycles. The number of benzene rings is 1. The van der Waals surface area contributed by atoms with Gasteiger partial charge in [-0.25, -0.2) is 0 Å². The average molecular weight is 373 g/mol. The molecule has 1 aliphatic rings. The van der Waals surface area contributed by atoms with Crippen LogP contribution < -0.4 is 10.6 Å². The van der Waals surface area contributed by atoms with Crippen LogP contribution in [0.3, 0.4) is 0 Å².